The molecule has 0 bridgehead atoms. The minimum atomic E-state index is -0.569. The van der Waals surface area contributed by atoms with Crippen molar-refractivity contribution in [3.8, 4) is 11.5 Å². The molecule has 1 fully saturated rings. The van der Waals surface area contributed by atoms with Crippen LogP contribution in [-0.2, 0) is 19.8 Å². The highest BCUT2D eigenvalue weighted by Crippen LogP contribution is 2.34. The molecule has 0 amide bonds. The van der Waals surface area contributed by atoms with E-state index in [9.17, 15) is 8.92 Å². The van der Waals surface area contributed by atoms with Crippen molar-refractivity contribution in [3.63, 3.8) is 0 Å². The average Bonchev–Trinajstić information content (AvgIpc) is 3.16. The van der Waals surface area contributed by atoms with Gasteiger partial charge in [0.25, 0.3) is 0 Å². The summed E-state index contributed by atoms with van der Waals surface area (Å²) in [5.74, 6) is -0.141. The van der Waals surface area contributed by atoms with E-state index < -0.39 is 17.0 Å². The van der Waals surface area contributed by atoms with E-state index in [1.165, 1.54) is 6.07 Å². The minimum absolute atomic E-state index is 0.0775. The number of hydrogen-bond donors (Lipinski definition) is 0. The van der Waals surface area contributed by atoms with E-state index in [0.717, 1.165) is 16.9 Å². The highest BCUT2D eigenvalue weighted by atomic mass is 19.3. The van der Waals surface area contributed by atoms with Gasteiger partial charge in [-0.1, -0.05) is 45.9 Å². The predicted molar refractivity (Wildman–Crippen MR) is 124 cm³/mol. The predicted octanol–water partition coefficient (Wildman–Crippen LogP) is 6.38. The summed E-state index contributed by atoms with van der Waals surface area (Å²) in [5.41, 5.74) is 1.42. The van der Waals surface area contributed by atoms with Crippen molar-refractivity contribution in [2.75, 3.05) is 26.4 Å². The number of halogens is 2. The highest BCUT2D eigenvalue weighted by Gasteiger charge is 2.33. The lowest BCUT2D eigenvalue weighted by molar-refractivity contribution is -0.141. The number of hydrogen-bond acceptors (Lipinski definition) is 5. The van der Waals surface area contributed by atoms with Crippen molar-refractivity contribution < 1.29 is 32.8 Å². The molecule has 0 radical (unpaired) electrons. The third-order valence-corrected chi connectivity index (χ3v) is 5.36. The van der Waals surface area contributed by atoms with Crippen LogP contribution in [0, 0.1) is 5.82 Å². The lowest BCUT2D eigenvalue weighted by Crippen LogP contribution is -2.25. The van der Waals surface area contributed by atoms with Crippen LogP contribution in [0.15, 0.2) is 42.5 Å². The molecule has 5 nitrogen and oxygen atoms in total. The third kappa shape index (κ3) is 7.66. The molecule has 0 aliphatic carbocycles. The normalized spacial score (nSPS) is 17.3. The standard InChI is InChI=1S/C24H30F2O5.C2H6/c1-23(2,18-8-11-22(21(25)14-18)27-12-5-13-30-26)17-6-9-19(10-7-17)28-15-20-16-29-24(3,4)31-20;1-2/h6-11,14,20H,5,12-13,15-16H2,1-4H3;1-2H3. The summed E-state index contributed by atoms with van der Waals surface area (Å²) in [7, 11) is 0. The second-order valence-electron chi connectivity index (χ2n) is 8.57. The average molecular weight is 467 g/mol. The van der Waals surface area contributed by atoms with Gasteiger partial charge in [0.05, 0.1) is 19.8 Å². The Bertz CT molecular complexity index is 852. The molecule has 0 aromatic heterocycles. The molecular weight excluding hydrogens is 430 g/mol. The summed E-state index contributed by atoms with van der Waals surface area (Å²) < 4.78 is 48.6. The van der Waals surface area contributed by atoms with Gasteiger partial charge in [0.2, 0.25) is 0 Å². The Morgan fingerprint density at radius 3 is 2.24 bits per heavy atom. The van der Waals surface area contributed by atoms with Gasteiger partial charge in [-0.25, -0.2) is 4.39 Å². The zero-order valence-electron chi connectivity index (χ0n) is 20.5. The van der Waals surface area contributed by atoms with E-state index in [1.807, 2.05) is 71.9 Å². The van der Waals surface area contributed by atoms with E-state index in [2.05, 4.69) is 4.94 Å². The summed E-state index contributed by atoms with van der Waals surface area (Å²) in [6.45, 7) is 12.8. The summed E-state index contributed by atoms with van der Waals surface area (Å²) in [4.78, 5) is 3.49. The quantitative estimate of drug-likeness (QED) is 0.380. The Labute approximate surface area is 195 Å². The van der Waals surface area contributed by atoms with Gasteiger partial charge in [-0.2, -0.15) is 4.94 Å². The Morgan fingerprint density at radius 1 is 1.00 bits per heavy atom. The molecule has 1 unspecified atom stereocenters. The molecule has 1 saturated heterocycles. The minimum Gasteiger partial charge on any atom is -0.491 e. The fourth-order valence-corrected chi connectivity index (χ4v) is 3.47. The van der Waals surface area contributed by atoms with E-state index in [0.29, 0.717) is 19.6 Å². The van der Waals surface area contributed by atoms with Crippen molar-refractivity contribution in [1.29, 1.82) is 0 Å². The zero-order valence-corrected chi connectivity index (χ0v) is 20.5. The first kappa shape index (κ1) is 27.0. The molecule has 0 saturated carbocycles. The Balaban J connectivity index is 0.00000187. The van der Waals surface area contributed by atoms with Gasteiger partial charge in [0.1, 0.15) is 18.5 Å². The van der Waals surface area contributed by atoms with Gasteiger partial charge in [0.15, 0.2) is 17.4 Å². The first-order valence-corrected chi connectivity index (χ1v) is 11.4. The van der Waals surface area contributed by atoms with Gasteiger partial charge in [-0.05, 0) is 53.8 Å². The summed E-state index contributed by atoms with van der Waals surface area (Å²) in [6.07, 6.45) is 0.245. The van der Waals surface area contributed by atoms with Gasteiger partial charge < -0.3 is 18.9 Å². The first-order chi connectivity index (χ1) is 15.7. The number of rotatable bonds is 10. The van der Waals surface area contributed by atoms with E-state index in [1.54, 1.807) is 6.07 Å². The van der Waals surface area contributed by atoms with Crippen LogP contribution < -0.4 is 9.47 Å². The van der Waals surface area contributed by atoms with Crippen molar-refractivity contribution >= 4 is 0 Å². The Morgan fingerprint density at radius 2 is 1.67 bits per heavy atom. The molecule has 184 valence electrons. The second-order valence-corrected chi connectivity index (χ2v) is 8.57. The maximum atomic E-state index is 14.5. The fraction of sp³-hybridized carbons (Fsp3) is 0.538. The molecule has 1 atom stereocenters. The molecule has 33 heavy (non-hydrogen) atoms. The van der Waals surface area contributed by atoms with Crippen LogP contribution in [0.4, 0.5) is 8.92 Å². The van der Waals surface area contributed by atoms with Crippen molar-refractivity contribution in [2.24, 2.45) is 0 Å². The van der Waals surface area contributed by atoms with Gasteiger partial charge in [0, 0.05) is 11.8 Å². The summed E-state index contributed by atoms with van der Waals surface area (Å²) in [6, 6.07) is 12.7. The van der Waals surface area contributed by atoms with Gasteiger partial charge in [-0.3, -0.25) is 0 Å². The number of ether oxygens (including phenoxy) is 4. The van der Waals surface area contributed by atoms with Crippen LogP contribution in [0.2, 0.25) is 0 Å². The molecule has 2 aromatic rings. The number of benzene rings is 2. The summed E-state index contributed by atoms with van der Waals surface area (Å²) >= 11 is 0. The van der Waals surface area contributed by atoms with Crippen molar-refractivity contribution in [1.82, 2.24) is 0 Å². The van der Waals surface area contributed by atoms with E-state index >= 15 is 0 Å². The molecule has 1 aliphatic rings. The lowest BCUT2D eigenvalue weighted by atomic mass is 9.78. The van der Waals surface area contributed by atoms with Crippen LogP contribution >= 0.6 is 0 Å². The van der Waals surface area contributed by atoms with Crippen LogP contribution in [0.25, 0.3) is 0 Å². The largest absolute Gasteiger partial charge is 0.491 e. The Kier molecular flexibility index (Phi) is 10.1. The van der Waals surface area contributed by atoms with Crippen LogP contribution in [0.3, 0.4) is 0 Å². The smallest absolute Gasteiger partial charge is 0.165 e. The van der Waals surface area contributed by atoms with E-state index in [4.69, 9.17) is 18.9 Å². The monoisotopic (exact) mass is 466 g/mol. The maximum absolute atomic E-state index is 14.5. The zero-order chi connectivity index (χ0) is 24.5. The van der Waals surface area contributed by atoms with Crippen LogP contribution in [0.1, 0.15) is 59.1 Å². The van der Waals surface area contributed by atoms with Gasteiger partial charge in [-0.15, -0.1) is 0 Å². The van der Waals surface area contributed by atoms with Crippen LogP contribution in [0.5, 0.6) is 11.5 Å². The lowest BCUT2D eigenvalue weighted by Gasteiger charge is -2.27. The van der Waals surface area contributed by atoms with E-state index in [-0.39, 0.29) is 25.1 Å². The molecule has 1 aliphatic heterocycles. The van der Waals surface area contributed by atoms with Crippen molar-refractivity contribution in [2.45, 2.75) is 65.3 Å². The van der Waals surface area contributed by atoms with Crippen molar-refractivity contribution in [3.05, 3.63) is 59.4 Å². The second kappa shape index (κ2) is 12.3. The Hall–Kier alpha value is -2.22. The fourth-order valence-electron chi connectivity index (χ4n) is 3.47. The summed E-state index contributed by atoms with van der Waals surface area (Å²) in [5, 5.41) is 0. The third-order valence-electron chi connectivity index (χ3n) is 5.36. The molecular formula is C26H36F2O5. The molecule has 1 heterocycles. The highest BCUT2D eigenvalue weighted by molar-refractivity contribution is 5.42. The first-order valence-electron chi connectivity index (χ1n) is 11.4. The molecule has 0 N–H and O–H groups in total. The molecule has 7 heteroatoms. The topological polar surface area (TPSA) is 46.2 Å². The molecule has 0 spiro atoms. The van der Waals surface area contributed by atoms with Gasteiger partial charge >= 0.3 is 0 Å². The van der Waals surface area contributed by atoms with Crippen LogP contribution in [-0.4, -0.2) is 38.3 Å². The SMILES string of the molecule is CC.CC1(C)OCC(COc2ccc(C(C)(C)c3ccc(OCCCOF)c(F)c3)cc2)O1. The molecule has 3 rings (SSSR count). The maximum Gasteiger partial charge on any atom is 0.165 e. The molecule has 2 aromatic carbocycles.